The van der Waals surface area contributed by atoms with Crippen molar-refractivity contribution in [3.05, 3.63) is 47.1 Å². The van der Waals surface area contributed by atoms with Gasteiger partial charge in [-0.05, 0) is 18.2 Å². The smallest absolute Gasteiger partial charge is 0.236 e. The number of benzene rings is 1. The lowest BCUT2D eigenvalue weighted by atomic mass is 10.1. The SMILES string of the molecule is Fc1ccc(C(F)(F)F)cc1-c1cc(Cl)ncn1. The molecular weight excluding hydrogens is 272 g/mol. The van der Waals surface area contributed by atoms with Gasteiger partial charge in [0.2, 0.25) is 0 Å². The van der Waals surface area contributed by atoms with Gasteiger partial charge in [-0.15, -0.1) is 0 Å². The summed E-state index contributed by atoms with van der Waals surface area (Å²) in [5.41, 5.74) is -1.22. The van der Waals surface area contributed by atoms with E-state index in [1.54, 1.807) is 0 Å². The third-order valence-corrected chi connectivity index (χ3v) is 2.41. The Morgan fingerprint density at radius 3 is 2.39 bits per heavy atom. The third kappa shape index (κ3) is 2.59. The summed E-state index contributed by atoms with van der Waals surface area (Å²) < 4.78 is 51.0. The quantitative estimate of drug-likeness (QED) is 0.582. The van der Waals surface area contributed by atoms with Gasteiger partial charge in [0, 0.05) is 11.6 Å². The van der Waals surface area contributed by atoms with Crippen LogP contribution in [0.3, 0.4) is 0 Å². The van der Waals surface area contributed by atoms with Gasteiger partial charge >= 0.3 is 6.18 Å². The lowest BCUT2D eigenvalue weighted by Gasteiger charge is -2.09. The predicted octanol–water partition coefficient (Wildman–Crippen LogP) is 3.95. The molecule has 0 saturated heterocycles. The van der Waals surface area contributed by atoms with Gasteiger partial charge in [0.15, 0.2) is 0 Å². The highest BCUT2D eigenvalue weighted by Gasteiger charge is 2.31. The van der Waals surface area contributed by atoms with Crippen LogP contribution < -0.4 is 0 Å². The molecule has 0 spiro atoms. The number of hydrogen-bond acceptors (Lipinski definition) is 2. The predicted molar refractivity (Wildman–Crippen MR) is 57.4 cm³/mol. The first-order valence-corrected chi connectivity index (χ1v) is 5.10. The lowest BCUT2D eigenvalue weighted by molar-refractivity contribution is -0.137. The molecule has 0 fully saturated rings. The molecule has 0 saturated carbocycles. The summed E-state index contributed by atoms with van der Waals surface area (Å²) in [5, 5.41) is 0.0248. The number of rotatable bonds is 1. The molecule has 0 radical (unpaired) electrons. The molecule has 1 heterocycles. The molecule has 0 aliphatic carbocycles. The molecule has 2 rings (SSSR count). The van der Waals surface area contributed by atoms with E-state index in [0.29, 0.717) is 12.1 Å². The number of aromatic nitrogens is 2. The Morgan fingerprint density at radius 2 is 1.78 bits per heavy atom. The van der Waals surface area contributed by atoms with Gasteiger partial charge in [-0.2, -0.15) is 13.2 Å². The second-order valence-electron chi connectivity index (χ2n) is 3.42. The first-order chi connectivity index (χ1) is 8.38. The van der Waals surface area contributed by atoms with Crippen molar-refractivity contribution in [1.29, 1.82) is 0 Å². The summed E-state index contributed by atoms with van der Waals surface area (Å²) in [6.45, 7) is 0. The Morgan fingerprint density at radius 1 is 1.06 bits per heavy atom. The van der Waals surface area contributed by atoms with Crippen LogP contribution in [0.1, 0.15) is 5.56 Å². The van der Waals surface area contributed by atoms with E-state index in [4.69, 9.17) is 11.6 Å². The molecule has 0 unspecified atom stereocenters. The van der Waals surface area contributed by atoms with E-state index in [2.05, 4.69) is 9.97 Å². The van der Waals surface area contributed by atoms with Crippen LogP contribution in [0.5, 0.6) is 0 Å². The summed E-state index contributed by atoms with van der Waals surface area (Å²) in [5.74, 6) is -0.808. The molecule has 0 bridgehead atoms. The molecule has 1 aromatic heterocycles. The molecule has 0 aliphatic heterocycles. The van der Waals surface area contributed by atoms with Crippen molar-refractivity contribution in [2.45, 2.75) is 6.18 Å². The summed E-state index contributed by atoms with van der Waals surface area (Å²) in [7, 11) is 0. The minimum absolute atomic E-state index is 0.00130. The maximum Gasteiger partial charge on any atom is 0.416 e. The van der Waals surface area contributed by atoms with E-state index < -0.39 is 17.6 Å². The third-order valence-electron chi connectivity index (χ3n) is 2.20. The van der Waals surface area contributed by atoms with E-state index in [1.165, 1.54) is 6.07 Å². The fraction of sp³-hybridized carbons (Fsp3) is 0.0909. The van der Waals surface area contributed by atoms with Crippen molar-refractivity contribution in [1.82, 2.24) is 9.97 Å². The molecular formula is C11H5ClF4N2. The lowest BCUT2D eigenvalue weighted by Crippen LogP contribution is -2.05. The molecule has 94 valence electrons. The minimum atomic E-state index is -4.54. The van der Waals surface area contributed by atoms with Gasteiger partial charge in [0.25, 0.3) is 0 Å². The molecule has 2 aromatic rings. The van der Waals surface area contributed by atoms with Gasteiger partial charge < -0.3 is 0 Å². The van der Waals surface area contributed by atoms with Crippen LogP contribution in [0.4, 0.5) is 17.6 Å². The Balaban J connectivity index is 2.57. The first-order valence-electron chi connectivity index (χ1n) is 4.72. The van der Waals surface area contributed by atoms with Crippen LogP contribution in [0.15, 0.2) is 30.6 Å². The molecule has 7 heteroatoms. The maximum atomic E-state index is 13.5. The fourth-order valence-corrected chi connectivity index (χ4v) is 1.53. The zero-order valence-electron chi connectivity index (χ0n) is 8.67. The van der Waals surface area contributed by atoms with E-state index in [9.17, 15) is 17.6 Å². The van der Waals surface area contributed by atoms with Crippen LogP contribution in [0.2, 0.25) is 5.15 Å². The molecule has 18 heavy (non-hydrogen) atoms. The standard InChI is InChI=1S/C11H5ClF4N2/c12-10-4-9(17-5-18-10)7-3-6(11(14,15)16)1-2-8(7)13/h1-5H. The molecule has 0 atom stereocenters. The fourth-order valence-electron chi connectivity index (χ4n) is 1.38. The normalized spacial score (nSPS) is 11.6. The Bertz CT molecular complexity index is 583. The second kappa shape index (κ2) is 4.53. The molecule has 1 aromatic carbocycles. The van der Waals surface area contributed by atoms with Gasteiger partial charge in [-0.1, -0.05) is 11.6 Å². The molecule has 0 amide bonds. The Kier molecular flexibility index (Phi) is 3.21. The van der Waals surface area contributed by atoms with E-state index in [1.807, 2.05) is 0 Å². The number of halogens is 5. The Hall–Kier alpha value is -1.69. The van der Waals surface area contributed by atoms with Gasteiger partial charge in [0.1, 0.15) is 17.3 Å². The van der Waals surface area contributed by atoms with Crippen LogP contribution in [0, 0.1) is 5.82 Å². The zero-order chi connectivity index (χ0) is 13.3. The maximum absolute atomic E-state index is 13.5. The van der Waals surface area contributed by atoms with Crippen molar-refractivity contribution < 1.29 is 17.6 Å². The molecule has 2 nitrogen and oxygen atoms in total. The van der Waals surface area contributed by atoms with Crippen LogP contribution in [-0.4, -0.2) is 9.97 Å². The largest absolute Gasteiger partial charge is 0.416 e. The van der Waals surface area contributed by atoms with E-state index in [0.717, 1.165) is 12.4 Å². The summed E-state index contributed by atoms with van der Waals surface area (Å²) in [6, 6.07) is 3.30. The monoisotopic (exact) mass is 276 g/mol. The van der Waals surface area contributed by atoms with Crippen molar-refractivity contribution in [3.63, 3.8) is 0 Å². The summed E-state index contributed by atoms with van der Waals surface area (Å²) in [4.78, 5) is 7.27. The highest BCUT2D eigenvalue weighted by Crippen LogP contribution is 2.33. The minimum Gasteiger partial charge on any atom is -0.236 e. The van der Waals surface area contributed by atoms with Crippen LogP contribution in [0.25, 0.3) is 11.3 Å². The van der Waals surface area contributed by atoms with E-state index >= 15 is 0 Å². The van der Waals surface area contributed by atoms with Crippen molar-refractivity contribution in [2.24, 2.45) is 0 Å². The average molecular weight is 277 g/mol. The number of hydrogen-bond donors (Lipinski definition) is 0. The van der Waals surface area contributed by atoms with Gasteiger partial charge in [-0.25, -0.2) is 14.4 Å². The number of alkyl halides is 3. The van der Waals surface area contributed by atoms with Gasteiger partial charge in [0.05, 0.1) is 11.3 Å². The molecule has 0 N–H and O–H groups in total. The van der Waals surface area contributed by atoms with Crippen LogP contribution in [-0.2, 0) is 6.18 Å². The zero-order valence-corrected chi connectivity index (χ0v) is 9.43. The Labute approximate surface area is 104 Å². The number of nitrogens with zero attached hydrogens (tertiary/aromatic N) is 2. The van der Waals surface area contributed by atoms with E-state index in [-0.39, 0.29) is 16.4 Å². The summed E-state index contributed by atoms with van der Waals surface area (Å²) >= 11 is 5.58. The first kappa shape index (κ1) is 12.8. The van der Waals surface area contributed by atoms with Gasteiger partial charge in [-0.3, -0.25) is 0 Å². The van der Waals surface area contributed by atoms with Crippen molar-refractivity contribution in [2.75, 3.05) is 0 Å². The highest BCUT2D eigenvalue weighted by atomic mass is 35.5. The topological polar surface area (TPSA) is 25.8 Å². The second-order valence-corrected chi connectivity index (χ2v) is 3.81. The van der Waals surface area contributed by atoms with Crippen molar-refractivity contribution in [3.8, 4) is 11.3 Å². The summed E-state index contributed by atoms with van der Waals surface area (Å²) in [6.07, 6.45) is -3.49. The highest BCUT2D eigenvalue weighted by molar-refractivity contribution is 6.29. The van der Waals surface area contributed by atoms with Crippen molar-refractivity contribution >= 4 is 11.6 Å². The average Bonchev–Trinajstić information content (AvgIpc) is 2.28. The molecule has 0 aliphatic rings. The van der Waals surface area contributed by atoms with Crippen LogP contribution >= 0.6 is 11.6 Å².